The van der Waals surface area contributed by atoms with Crippen LogP contribution in [0.15, 0.2) is 24.4 Å². The van der Waals surface area contributed by atoms with Gasteiger partial charge in [-0.1, -0.05) is 13.3 Å². The Morgan fingerprint density at radius 3 is 2.59 bits per heavy atom. The lowest BCUT2D eigenvalue weighted by Gasteiger charge is -2.12. The molecule has 1 aromatic heterocycles. The lowest BCUT2D eigenvalue weighted by Crippen LogP contribution is -2.21. The van der Waals surface area contributed by atoms with Crippen molar-refractivity contribution >= 4 is 23.2 Å². The highest BCUT2D eigenvalue weighted by molar-refractivity contribution is 6.10. The van der Waals surface area contributed by atoms with Crippen molar-refractivity contribution in [3.05, 3.63) is 51.3 Å². The van der Waals surface area contributed by atoms with Crippen LogP contribution in [0, 0.1) is 10.1 Å². The summed E-state index contributed by atoms with van der Waals surface area (Å²) in [4.78, 5) is 35.1. The number of nitro groups is 1. The van der Waals surface area contributed by atoms with Crippen molar-refractivity contribution in [2.24, 2.45) is 12.8 Å². The van der Waals surface area contributed by atoms with Crippen LogP contribution in [-0.4, -0.2) is 27.9 Å². The number of non-ortho nitro benzene ring substituents is 1. The van der Waals surface area contributed by atoms with Gasteiger partial charge in [-0.15, -0.1) is 0 Å². The van der Waals surface area contributed by atoms with Gasteiger partial charge in [0.2, 0.25) is 0 Å². The van der Waals surface area contributed by atoms with Crippen molar-refractivity contribution in [1.82, 2.24) is 4.57 Å². The van der Waals surface area contributed by atoms with Gasteiger partial charge in [0, 0.05) is 25.4 Å². The number of carbonyl (C=O) groups is 2. The molecule has 0 unspecified atom stereocenters. The number of primary amides is 1. The van der Waals surface area contributed by atoms with E-state index in [2.05, 4.69) is 5.32 Å². The molecule has 0 atom stereocenters. The molecule has 0 saturated heterocycles. The number of anilines is 1. The predicted octanol–water partition coefficient (Wildman–Crippen LogP) is 2.64. The van der Waals surface area contributed by atoms with Crippen molar-refractivity contribution in [3.63, 3.8) is 0 Å². The molecule has 0 fully saturated rings. The summed E-state index contributed by atoms with van der Waals surface area (Å²) >= 11 is 0. The van der Waals surface area contributed by atoms with Gasteiger partial charge in [-0.3, -0.25) is 19.7 Å². The van der Waals surface area contributed by atoms with Gasteiger partial charge in [0.05, 0.1) is 22.8 Å². The van der Waals surface area contributed by atoms with Gasteiger partial charge in [-0.25, -0.2) is 0 Å². The standard InChI is InChI=1S/C18H22N4O5/c1-4-6-11-10-21(3)16(17(19)23)15(11)20-18(24)13-9-12(22(25)26)7-8-14(13)27-5-2/h7-10H,4-6H2,1-3H3,(H2,19,23)(H,20,24). The first-order valence-corrected chi connectivity index (χ1v) is 8.50. The second-order valence-corrected chi connectivity index (χ2v) is 5.93. The van der Waals surface area contributed by atoms with Crippen LogP contribution >= 0.6 is 0 Å². The number of nitrogens with zero attached hydrogens (tertiary/aromatic N) is 2. The number of rotatable bonds is 8. The van der Waals surface area contributed by atoms with E-state index in [9.17, 15) is 19.7 Å². The summed E-state index contributed by atoms with van der Waals surface area (Å²) in [5, 5.41) is 13.7. The molecule has 9 nitrogen and oxygen atoms in total. The number of amides is 2. The Morgan fingerprint density at radius 1 is 1.33 bits per heavy atom. The smallest absolute Gasteiger partial charge is 0.270 e. The maximum atomic E-state index is 12.9. The summed E-state index contributed by atoms with van der Waals surface area (Å²) in [6, 6.07) is 3.79. The third kappa shape index (κ3) is 4.25. The van der Waals surface area contributed by atoms with Gasteiger partial charge in [0.25, 0.3) is 17.5 Å². The molecule has 0 aliphatic rings. The van der Waals surface area contributed by atoms with Gasteiger partial charge >= 0.3 is 0 Å². The van der Waals surface area contributed by atoms with E-state index < -0.39 is 16.7 Å². The van der Waals surface area contributed by atoms with Gasteiger partial charge in [-0.05, 0) is 25.0 Å². The molecule has 0 radical (unpaired) electrons. The van der Waals surface area contributed by atoms with Crippen LogP contribution in [0.25, 0.3) is 0 Å². The number of aryl methyl sites for hydroxylation is 2. The molecule has 1 heterocycles. The summed E-state index contributed by atoms with van der Waals surface area (Å²) in [6.45, 7) is 4.00. The number of hydrogen-bond acceptors (Lipinski definition) is 5. The second-order valence-electron chi connectivity index (χ2n) is 5.93. The highest BCUT2D eigenvalue weighted by Crippen LogP contribution is 2.28. The average molecular weight is 374 g/mol. The molecule has 0 saturated carbocycles. The van der Waals surface area contributed by atoms with Gasteiger partial charge in [0.1, 0.15) is 11.4 Å². The van der Waals surface area contributed by atoms with Crippen molar-refractivity contribution in [2.45, 2.75) is 26.7 Å². The molecule has 0 aliphatic carbocycles. The number of nitro benzene ring substituents is 1. The Kier molecular flexibility index (Phi) is 6.17. The highest BCUT2D eigenvalue weighted by Gasteiger charge is 2.23. The zero-order chi connectivity index (χ0) is 20.1. The number of ether oxygens (including phenoxy) is 1. The number of nitrogens with two attached hydrogens (primary N) is 1. The first-order valence-electron chi connectivity index (χ1n) is 8.50. The van der Waals surface area contributed by atoms with Crippen LogP contribution in [0.3, 0.4) is 0 Å². The molecule has 9 heteroatoms. The number of hydrogen-bond donors (Lipinski definition) is 2. The summed E-state index contributed by atoms with van der Waals surface area (Å²) in [5.41, 5.74) is 6.46. The lowest BCUT2D eigenvalue weighted by atomic mass is 10.1. The molecule has 0 aliphatic heterocycles. The fourth-order valence-electron chi connectivity index (χ4n) is 2.86. The van der Waals surface area contributed by atoms with Crippen LogP contribution in [-0.2, 0) is 13.5 Å². The van der Waals surface area contributed by atoms with Crippen LogP contribution in [0.2, 0.25) is 0 Å². The van der Waals surface area contributed by atoms with Crippen molar-refractivity contribution in [1.29, 1.82) is 0 Å². The minimum Gasteiger partial charge on any atom is -0.493 e. The monoisotopic (exact) mass is 374 g/mol. The third-order valence-corrected chi connectivity index (χ3v) is 3.97. The van der Waals surface area contributed by atoms with E-state index in [1.165, 1.54) is 12.1 Å². The summed E-state index contributed by atoms with van der Waals surface area (Å²) in [7, 11) is 1.66. The van der Waals surface area contributed by atoms with E-state index >= 15 is 0 Å². The molecular weight excluding hydrogens is 352 g/mol. The first-order chi connectivity index (χ1) is 12.8. The van der Waals surface area contributed by atoms with Gasteiger partial charge in [-0.2, -0.15) is 0 Å². The first kappa shape index (κ1) is 20.0. The number of aromatic nitrogens is 1. The Labute approximate surface area is 156 Å². The molecule has 3 N–H and O–H groups in total. The molecule has 1 aromatic carbocycles. The maximum absolute atomic E-state index is 12.9. The summed E-state index contributed by atoms with van der Waals surface area (Å²) in [6.07, 6.45) is 3.16. The molecule has 0 spiro atoms. The topological polar surface area (TPSA) is 129 Å². The van der Waals surface area contributed by atoms with Crippen molar-refractivity contribution in [3.8, 4) is 5.75 Å². The Hall–Kier alpha value is -3.36. The summed E-state index contributed by atoms with van der Waals surface area (Å²) < 4.78 is 6.97. The molecule has 144 valence electrons. The quantitative estimate of drug-likeness (QED) is 0.542. The number of nitrogens with one attached hydrogen (secondary N) is 1. The van der Waals surface area contributed by atoms with E-state index in [1.807, 2.05) is 6.92 Å². The third-order valence-electron chi connectivity index (χ3n) is 3.97. The SMILES string of the molecule is CCCc1cn(C)c(C(N)=O)c1NC(=O)c1cc([N+](=O)[O-])ccc1OCC. The van der Waals surface area contributed by atoms with E-state index in [4.69, 9.17) is 10.5 Å². The lowest BCUT2D eigenvalue weighted by molar-refractivity contribution is -0.384. The van der Waals surface area contributed by atoms with Crippen molar-refractivity contribution in [2.75, 3.05) is 11.9 Å². The number of benzene rings is 1. The predicted molar refractivity (Wildman–Crippen MR) is 100 cm³/mol. The number of carbonyl (C=O) groups excluding carboxylic acids is 2. The molecule has 2 aromatic rings. The molecule has 2 amide bonds. The van der Waals surface area contributed by atoms with E-state index in [-0.39, 0.29) is 29.3 Å². The zero-order valence-electron chi connectivity index (χ0n) is 15.4. The Bertz CT molecular complexity index is 888. The van der Waals surface area contributed by atoms with E-state index in [0.29, 0.717) is 12.1 Å². The summed E-state index contributed by atoms with van der Waals surface area (Å²) in [5.74, 6) is -1.08. The maximum Gasteiger partial charge on any atom is 0.270 e. The minimum absolute atomic E-state index is 0.00720. The highest BCUT2D eigenvalue weighted by atomic mass is 16.6. The van der Waals surface area contributed by atoms with Crippen LogP contribution in [0.4, 0.5) is 11.4 Å². The zero-order valence-corrected chi connectivity index (χ0v) is 15.4. The van der Waals surface area contributed by atoms with Gasteiger partial charge in [0.15, 0.2) is 0 Å². The fraction of sp³-hybridized carbons (Fsp3) is 0.333. The molecule has 27 heavy (non-hydrogen) atoms. The van der Waals surface area contributed by atoms with Crippen molar-refractivity contribution < 1.29 is 19.2 Å². The fourth-order valence-corrected chi connectivity index (χ4v) is 2.86. The second kappa shape index (κ2) is 8.35. The normalized spacial score (nSPS) is 10.5. The largest absolute Gasteiger partial charge is 0.493 e. The van der Waals surface area contributed by atoms with Crippen LogP contribution < -0.4 is 15.8 Å². The Balaban J connectivity index is 2.49. The molecular formula is C18H22N4O5. The minimum atomic E-state index is -0.681. The van der Waals surface area contributed by atoms with Crippen LogP contribution in [0.1, 0.15) is 46.7 Å². The Morgan fingerprint density at radius 2 is 2.04 bits per heavy atom. The molecule has 2 rings (SSSR count). The molecule has 0 bridgehead atoms. The average Bonchev–Trinajstić information content (AvgIpc) is 2.90. The van der Waals surface area contributed by atoms with E-state index in [0.717, 1.165) is 18.1 Å². The van der Waals surface area contributed by atoms with Crippen LogP contribution in [0.5, 0.6) is 5.75 Å². The van der Waals surface area contributed by atoms with Gasteiger partial charge < -0.3 is 20.4 Å². The van der Waals surface area contributed by atoms with E-state index in [1.54, 1.807) is 24.7 Å².